The highest BCUT2D eigenvalue weighted by Crippen LogP contribution is 2.32. The maximum Gasteiger partial charge on any atom is 0.294 e. The zero-order valence-electron chi connectivity index (χ0n) is 14.2. The second-order valence-corrected chi connectivity index (χ2v) is 8.18. The van der Waals surface area contributed by atoms with Gasteiger partial charge in [-0.3, -0.25) is 19.3 Å². The van der Waals surface area contributed by atoms with Gasteiger partial charge in [0.1, 0.15) is 6.54 Å². The summed E-state index contributed by atoms with van der Waals surface area (Å²) in [6.45, 7) is 1.47. The molecule has 1 N–H and O–H groups in total. The fourth-order valence-corrected chi connectivity index (χ4v) is 3.87. The average molecular weight is 466 g/mol. The Kier molecular flexibility index (Phi) is 6.04. The number of thioether (sulfide) groups is 1. The number of nitrogens with zero attached hydrogens (tertiary/aromatic N) is 1. The number of rotatable bonds is 4. The second-order valence-electron chi connectivity index (χ2n) is 5.83. The molecule has 3 rings (SSSR count). The molecule has 1 saturated heterocycles. The molecule has 8 heteroatoms. The Balaban J connectivity index is 1.72. The lowest BCUT2D eigenvalue weighted by Gasteiger charge is -2.13. The van der Waals surface area contributed by atoms with Crippen LogP contribution in [0.4, 0.5) is 10.5 Å². The first-order chi connectivity index (χ1) is 12.8. The van der Waals surface area contributed by atoms with Crippen LogP contribution in [0.3, 0.4) is 0 Å². The highest BCUT2D eigenvalue weighted by molar-refractivity contribution is 9.10. The third-order valence-electron chi connectivity index (χ3n) is 3.80. The number of imide groups is 1. The standard InChI is InChI=1S/C19H14BrClN2O3S/c1-11-5-6-14(21)9-15(11)22-17(24)10-23-18(25)16(27-19(23)26)8-12-3-2-4-13(20)7-12/h2-9H,10H2,1H3,(H,22,24)/b16-8+. The summed E-state index contributed by atoms with van der Waals surface area (Å²) in [6, 6.07) is 12.5. The van der Waals surface area contributed by atoms with Crippen LogP contribution in [0, 0.1) is 6.92 Å². The van der Waals surface area contributed by atoms with Gasteiger partial charge in [-0.05, 0) is 60.2 Å². The average Bonchev–Trinajstić information content (AvgIpc) is 2.86. The van der Waals surface area contributed by atoms with Crippen LogP contribution >= 0.6 is 39.3 Å². The summed E-state index contributed by atoms with van der Waals surface area (Å²) < 4.78 is 0.867. The van der Waals surface area contributed by atoms with E-state index in [1.165, 1.54) is 0 Å². The van der Waals surface area contributed by atoms with E-state index in [0.29, 0.717) is 10.7 Å². The predicted molar refractivity (Wildman–Crippen MR) is 112 cm³/mol. The number of halogens is 2. The number of anilines is 1. The number of hydrogen-bond donors (Lipinski definition) is 1. The molecule has 1 aliphatic rings. The zero-order chi connectivity index (χ0) is 19.6. The number of carbonyl (C=O) groups is 3. The van der Waals surface area contributed by atoms with Gasteiger partial charge < -0.3 is 5.32 Å². The van der Waals surface area contributed by atoms with E-state index in [2.05, 4.69) is 21.2 Å². The molecule has 0 bridgehead atoms. The number of nitrogens with one attached hydrogen (secondary N) is 1. The van der Waals surface area contributed by atoms with Crippen molar-refractivity contribution in [1.82, 2.24) is 4.90 Å². The molecule has 5 nitrogen and oxygen atoms in total. The first-order valence-electron chi connectivity index (χ1n) is 7.90. The molecule has 0 atom stereocenters. The maximum absolute atomic E-state index is 12.5. The molecule has 0 saturated carbocycles. The first kappa shape index (κ1) is 19.7. The summed E-state index contributed by atoms with van der Waals surface area (Å²) >= 11 is 10.1. The van der Waals surface area contributed by atoms with E-state index >= 15 is 0 Å². The Morgan fingerprint density at radius 3 is 2.78 bits per heavy atom. The lowest BCUT2D eigenvalue weighted by molar-refractivity contribution is -0.127. The van der Waals surface area contributed by atoms with E-state index in [-0.39, 0.29) is 11.4 Å². The summed E-state index contributed by atoms with van der Waals surface area (Å²) in [7, 11) is 0. The van der Waals surface area contributed by atoms with Gasteiger partial charge >= 0.3 is 0 Å². The van der Waals surface area contributed by atoms with Gasteiger partial charge in [-0.15, -0.1) is 0 Å². The number of amides is 3. The van der Waals surface area contributed by atoms with Gasteiger partial charge in [0.2, 0.25) is 5.91 Å². The van der Waals surface area contributed by atoms with Crippen LogP contribution in [-0.4, -0.2) is 28.5 Å². The van der Waals surface area contributed by atoms with Crippen molar-refractivity contribution in [3.05, 3.63) is 68.0 Å². The van der Waals surface area contributed by atoms with Gasteiger partial charge in [0.25, 0.3) is 11.1 Å². The molecule has 0 radical (unpaired) electrons. The van der Waals surface area contributed by atoms with Gasteiger partial charge in [-0.2, -0.15) is 0 Å². The zero-order valence-corrected chi connectivity index (χ0v) is 17.3. The van der Waals surface area contributed by atoms with Gasteiger partial charge in [0.05, 0.1) is 4.91 Å². The summed E-state index contributed by atoms with van der Waals surface area (Å²) in [4.78, 5) is 38.2. The summed E-state index contributed by atoms with van der Waals surface area (Å²) in [5.41, 5.74) is 2.16. The van der Waals surface area contributed by atoms with Crippen LogP contribution in [-0.2, 0) is 9.59 Å². The molecule has 2 aromatic carbocycles. The molecule has 3 amide bonds. The van der Waals surface area contributed by atoms with Crippen LogP contribution in [0.15, 0.2) is 51.8 Å². The Labute approximate surface area is 173 Å². The lowest BCUT2D eigenvalue weighted by atomic mass is 10.2. The van der Waals surface area contributed by atoms with Crippen molar-refractivity contribution in [2.45, 2.75) is 6.92 Å². The van der Waals surface area contributed by atoms with E-state index in [1.807, 2.05) is 31.2 Å². The lowest BCUT2D eigenvalue weighted by Crippen LogP contribution is -2.36. The van der Waals surface area contributed by atoms with E-state index in [1.54, 1.807) is 24.3 Å². The van der Waals surface area contributed by atoms with Crippen LogP contribution in [0.1, 0.15) is 11.1 Å². The van der Waals surface area contributed by atoms with Gasteiger partial charge in [0.15, 0.2) is 0 Å². The number of aryl methyl sites for hydroxylation is 1. The molecule has 0 aromatic heterocycles. The van der Waals surface area contributed by atoms with E-state index in [0.717, 1.165) is 32.3 Å². The Morgan fingerprint density at radius 1 is 1.26 bits per heavy atom. The smallest absolute Gasteiger partial charge is 0.294 e. The highest BCUT2D eigenvalue weighted by atomic mass is 79.9. The van der Waals surface area contributed by atoms with Crippen LogP contribution in [0.25, 0.3) is 6.08 Å². The van der Waals surface area contributed by atoms with E-state index in [9.17, 15) is 14.4 Å². The van der Waals surface area contributed by atoms with Crippen molar-refractivity contribution >= 4 is 68.1 Å². The molecule has 1 heterocycles. The highest BCUT2D eigenvalue weighted by Gasteiger charge is 2.36. The molecule has 1 fully saturated rings. The van der Waals surface area contributed by atoms with Crippen molar-refractivity contribution in [3.8, 4) is 0 Å². The van der Waals surface area contributed by atoms with Crippen molar-refractivity contribution in [1.29, 1.82) is 0 Å². The maximum atomic E-state index is 12.5. The summed E-state index contributed by atoms with van der Waals surface area (Å²) in [5.74, 6) is -0.950. The minimum absolute atomic E-state index is 0.282. The molecule has 1 aliphatic heterocycles. The molecule has 0 aliphatic carbocycles. The fraction of sp³-hybridized carbons (Fsp3) is 0.105. The Hall–Kier alpha value is -2.09. The van der Waals surface area contributed by atoms with E-state index in [4.69, 9.17) is 11.6 Å². The van der Waals surface area contributed by atoms with Crippen molar-refractivity contribution in [3.63, 3.8) is 0 Å². The molecule has 138 valence electrons. The second kappa shape index (κ2) is 8.29. The van der Waals surface area contributed by atoms with Gasteiger partial charge in [0, 0.05) is 15.2 Å². The quantitative estimate of drug-likeness (QED) is 0.639. The topological polar surface area (TPSA) is 66.5 Å². The molecular formula is C19H14BrClN2O3S. The van der Waals surface area contributed by atoms with Crippen molar-refractivity contribution in [2.24, 2.45) is 0 Å². The van der Waals surface area contributed by atoms with Crippen LogP contribution in [0.5, 0.6) is 0 Å². The Morgan fingerprint density at radius 2 is 2.04 bits per heavy atom. The molecule has 2 aromatic rings. The Bertz CT molecular complexity index is 977. The number of hydrogen-bond acceptors (Lipinski definition) is 4. The monoisotopic (exact) mass is 464 g/mol. The van der Waals surface area contributed by atoms with Crippen LogP contribution < -0.4 is 5.32 Å². The predicted octanol–water partition coefficient (Wildman–Crippen LogP) is 5.09. The molecule has 0 spiro atoms. The van der Waals surface area contributed by atoms with Crippen LogP contribution in [0.2, 0.25) is 5.02 Å². The number of carbonyl (C=O) groups excluding carboxylic acids is 3. The number of benzene rings is 2. The van der Waals surface area contributed by atoms with Crippen molar-refractivity contribution in [2.75, 3.05) is 11.9 Å². The van der Waals surface area contributed by atoms with Crippen molar-refractivity contribution < 1.29 is 14.4 Å². The fourth-order valence-electron chi connectivity index (χ4n) is 2.45. The van der Waals surface area contributed by atoms with Gasteiger partial charge in [-0.1, -0.05) is 45.7 Å². The first-order valence-corrected chi connectivity index (χ1v) is 9.89. The minimum atomic E-state index is -0.483. The van der Waals surface area contributed by atoms with E-state index < -0.39 is 17.1 Å². The minimum Gasteiger partial charge on any atom is -0.324 e. The normalized spacial score (nSPS) is 15.5. The third-order valence-corrected chi connectivity index (χ3v) is 5.43. The third kappa shape index (κ3) is 4.80. The summed E-state index contributed by atoms with van der Waals surface area (Å²) in [6.07, 6.45) is 1.63. The molecule has 0 unspecified atom stereocenters. The largest absolute Gasteiger partial charge is 0.324 e. The summed E-state index contributed by atoms with van der Waals surface area (Å²) in [5, 5.41) is 2.70. The molecule has 27 heavy (non-hydrogen) atoms. The van der Waals surface area contributed by atoms with Gasteiger partial charge in [-0.25, -0.2) is 0 Å². The molecular weight excluding hydrogens is 452 g/mol. The SMILES string of the molecule is Cc1ccc(Cl)cc1NC(=O)CN1C(=O)S/C(=C/c2cccc(Br)c2)C1=O.